The van der Waals surface area contributed by atoms with Gasteiger partial charge in [0.05, 0.1) is 0 Å². The lowest BCUT2D eigenvalue weighted by Crippen LogP contribution is -2.35. The maximum Gasteiger partial charge on any atom is 0.220 e. The number of amides is 1. The average Bonchev–Trinajstić information content (AvgIpc) is 2.94. The van der Waals surface area contributed by atoms with E-state index in [-0.39, 0.29) is 5.91 Å². The predicted molar refractivity (Wildman–Crippen MR) is 83.4 cm³/mol. The van der Waals surface area contributed by atoms with Crippen LogP contribution in [0.3, 0.4) is 0 Å². The van der Waals surface area contributed by atoms with E-state index in [4.69, 9.17) is 5.73 Å². The SMILES string of the molecule is CCC1(CNC(=O)CCC2CCC(N)CC2)CCCC1. The highest BCUT2D eigenvalue weighted by Crippen LogP contribution is 2.40. The second-order valence-corrected chi connectivity index (χ2v) is 7.16. The van der Waals surface area contributed by atoms with Gasteiger partial charge in [0.1, 0.15) is 0 Å². The van der Waals surface area contributed by atoms with Crippen LogP contribution >= 0.6 is 0 Å². The number of hydrogen-bond acceptors (Lipinski definition) is 2. The second kappa shape index (κ2) is 7.44. The van der Waals surface area contributed by atoms with E-state index < -0.39 is 0 Å². The van der Waals surface area contributed by atoms with Gasteiger partial charge >= 0.3 is 0 Å². The van der Waals surface area contributed by atoms with Crippen molar-refractivity contribution in [2.45, 2.75) is 83.6 Å². The van der Waals surface area contributed by atoms with Crippen LogP contribution in [0.25, 0.3) is 0 Å². The van der Waals surface area contributed by atoms with Crippen molar-refractivity contribution in [2.24, 2.45) is 17.1 Å². The van der Waals surface area contributed by atoms with Crippen LogP contribution < -0.4 is 11.1 Å². The Balaban J connectivity index is 1.63. The summed E-state index contributed by atoms with van der Waals surface area (Å²) in [5.41, 5.74) is 6.33. The van der Waals surface area contributed by atoms with Gasteiger partial charge in [0, 0.05) is 19.0 Å². The van der Waals surface area contributed by atoms with Gasteiger partial charge in [-0.25, -0.2) is 0 Å². The maximum atomic E-state index is 12.0. The minimum absolute atomic E-state index is 0.264. The second-order valence-electron chi connectivity index (χ2n) is 7.16. The maximum absolute atomic E-state index is 12.0. The molecule has 1 amide bonds. The highest BCUT2D eigenvalue weighted by atomic mass is 16.1. The standard InChI is InChI=1S/C17H32N2O/c1-2-17(11-3-4-12-17)13-19-16(20)10-7-14-5-8-15(18)9-6-14/h14-15H,2-13,18H2,1H3,(H,19,20). The molecule has 0 bridgehead atoms. The summed E-state index contributed by atoms with van der Waals surface area (Å²) < 4.78 is 0. The highest BCUT2D eigenvalue weighted by Gasteiger charge is 2.32. The predicted octanol–water partition coefficient (Wildman–Crippen LogP) is 3.37. The molecule has 0 aromatic heterocycles. The number of carbonyl (C=O) groups excluding carboxylic acids is 1. The summed E-state index contributed by atoms with van der Waals surface area (Å²) >= 11 is 0. The van der Waals surface area contributed by atoms with Crippen molar-refractivity contribution in [3.63, 3.8) is 0 Å². The van der Waals surface area contributed by atoms with E-state index in [0.29, 0.717) is 17.9 Å². The zero-order valence-electron chi connectivity index (χ0n) is 13.1. The molecule has 0 unspecified atom stereocenters. The van der Waals surface area contributed by atoms with Crippen molar-refractivity contribution in [1.29, 1.82) is 0 Å². The van der Waals surface area contributed by atoms with Crippen molar-refractivity contribution in [3.8, 4) is 0 Å². The minimum Gasteiger partial charge on any atom is -0.356 e. The third-order valence-corrected chi connectivity index (χ3v) is 5.75. The van der Waals surface area contributed by atoms with Crippen molar-refractivity contribution >= 4 is 5.91 Å². The lowest BCUT2D eigenvalue weighted by molar-refractivity contribution is -0.122. The van der Waals surface area contributed by atoms with E-state index in [2.05, 4.69) is 12.2 Å². The van der Waals surface area contributed by atoms with E-state index >= 15 is 0 Å². The third kappa shape index (κ3) is 4.47. The number of hydrogen-bond donors (Lipinski definition) is 2. The van der Waals surface area contributed by atoms with Gasteiger partial charge in [-0.15, -0.1) is 0 Å². The fourth-order valence-corrected chi connectivity index (χ4v) is 3.97. The summed E-state index contributed by atoms with van der Waals surface area (Å²) in [7, 11) is 0. The van der Waals surface area contributed by atoms with Crippen LogP contribution in [0, 0.1) is 11.3 Å². The fourth-order valence-electron chi connectivity index (χ4n) is 3.97. The molecule has 0 aromatic rings. The summed E-state index contributed by atoms with van der Waals surface area (Å²) in [4.78, 5) is 12.0. The first-order valence-corrected chi connectivity index (χ1v) is 8.66. The van der Waals surface area contributed by atoms with Crippen LogP contribution in [0.15, 0.2) is 0 Å². The molecule has 0 spiro atoms. The molecular formula is C17H32N2O. The van der Waals surface area contributed by atoms with Crippen molar-refractivity contribution in [3.05, 3.63) is 0 Å². The topological polar surface area (TPSA) is 55.1 Å². The van der Waals surface area contributed by atoms with Gasteiger partial charge in [-0.05, 0) is 62.7 Å². The lowest BCUT2D eigenvalue weighted by Gasteiger charge is -2.28. The summed E-state index contributed by atoms with van der Waals surface area (Å²) in [6.45, 7) is 3.17. The zero-order valence-corrected chi connectivity index (χ0v) is 13.1. The lowest BCUT2D eigenvalue weighted by atomic mass is 9.83. The summed E-state index contributed by atoms with van der Waals surface area (Å²) in [6.07, 6.45) is 13.0. The van der Waals surface area contributed by atoms with Crippen molar-refractivity contribution < 1.29 is 4.79 Å². The molecule has 2 fully saturated rings. The van der Waals surface area contributed by atoms with Crippen LogP contribution in [0.5, 0.6) is 0 Å². The average molecular weight is 280 g/mol. The van der Waals surface area contributed by atoms with Gasteiger partial charge in [-0.3, -0.25) is 4.79 Å². The number of nitrogens with one attached hydrogen (secondary N) is 1. The monoisotopic (exact) mass is 280 g/mol. The minimum atomic E-state index is 0.264. The van der Waals surface area contributed by atoms with E-state index in [0.717, 1.165) is 31.7 Å². The van der Waals surface area contributed by atoms with Crippen LogP contribution in [-0.4, -0.2) is 18.5 Å². The summed E-state index contributed by atoms with van der Waals surface area (Å²) in [5, 5.41) is 3.20. The first kappa shape index (κ1) is 15.8. The summed E-state index contributed by atoms with van der Waals surface area (Å²) in [6, 6.07) is 0.409. The number of rotatable bonds is 6. The Morgan fingerprint density at radius 3 is 2.45 bits per heavy atom. The Bertz CT molecular complexity index is 302. The van der Waals surface area contributed by atoms with E-state index in [9.17, 15) is 4.79 Å². The van der Waals surface area contributed by atoms with Crippen LogP contribution in [0.2, 0.25) is 0 Å². The molecule has 0 aliphatic heterocycles. The summed E-state index contributed by atoms with van der Waals surface area (Å²) in [5.74, 6) is 0.992. The van der Waals surface area contributed by atoms with Gasteiger partial charge in [0.25, 0.3) is 0 Å². The molecule has 0 saturated heterocycles. The van der Waals surface area contributed by atoms with Gasteiger partial charge in [0.2, 0.25) is 5.91 Å². The van der Waals surface area contributed by atoms with Crippen LogP contribution in [0.1, 0.15) is 77.6 Å². The van der Waals surface area contributed by atoms with Gasteiger partial charge in [0.15, 0.2) is 0 Å². The Morgan fingerprint density at radius 1 is 1.20 bits per heavy atom. The van der Waals surface area contributed by atoms with Gasteiger partial charge in [-0.1, -0.05) is 19.8 Å². The Labute approximate surface area is 124 Å². The largest absolute Gasteiger partial charge is 0.356 e. The molecule has 116 valence electrons. The quantitative estimate of drug-likeness (QED) is 0.783. The van der Waals surface area contributed by atoms with Crippen LogP contribution in [0.4, 0.5) is 0 Å². The molecule has 2 aliphatic rings. The molecule has 3 N–H and O–H groups in total. The van der Waals surface area contributed by atoms with Gasteiger partial charge < -0.3 is 11.1 Å². The first-order chi connectivity index (χ1) is 9.63. The fraction of sp³-hybridized carbons (Fsp3) is 0.941. The molecule has 3 heteroatoms. The van der Waals surface area contributed by atoms with E-state index in [1.807, 2.05) is 0 Å². The van der Waals surface area contributed by atoms with Crippen molar-refractivity contribution in [2.75, 3.05) is 6.54 Å². The molecule has 20 heavy (non-hydrogen) atoms. The number of nitrogens with two attached hydrogens (primary N) is 1. The molecule has 3 nitrogen and oxygen atoms in total. The first-order valence-electron chi connectivity index (χ1n) is 8.66. The molecule has 2 aliphatic carbocycles. The molecule has 0 heterocycles. The normalized spacial score (nSPS) is 29.3. The third-order valence-electron chi connectivity index (χ3n) is 5.75. The zero-order chi connectivity index (χ0) is 14.4. The Morgan fingerprint density at radius 2 is 1.85 bits per heavy atom. The molecular weight excluding hydrogens is 248 g/mol. The number of carbonyl (C=O) groups is 1. The van der Waals surface area contributed by atoms with E-state index in [1.165, 1.54) is 44.9 Å². The molecule has 0 atom stereocenters. The van der Waals surface area contributed by atoms with Crippen molar-refractivity contribution in [1.82, 2.24) is 5.32 Å². The highest BCUT2D eigenvalue weighted by molar-refractivity contribution is 5.75. The Hall–Kier alpha value is -0.570. The van der Waals surface area contributed by atoms with E-state index in [1.54, 1.807) is 0 Å². The molecule has 0 aromatic carbocycles. The van der Waals surface area contributed by atoms with Crippen LogP contribution in [-0.2, 0) is 4.79 Å². The Kier molecular flexibility index (Phi) is 5.88. The van der Waals surface area contributed by atoms with Gasteiger partial charge in [-0.2, -0.15) is 0 Å². The molecule has 2 rings (SSSR count). The smallest absolute Gasteiger partial charge is 0.220 e. The molecule has 2 saturated carbocycles. The molecule has 0 radical (unpaired) electrons.